The van der Waals surface area contributed by atoms with Gasteiger partial charge in [-0.2, -0.15) is 0 Å². The van der Waals surface area contributed by atoms with Crippen molar-refractivity contribution >= 4 is 11.9 Å². The van der Waals surface area contributed by atoms with Gasteiger partial charge in [-0.05, 0) is 12.8 Å². The Morgan fingerprint density at radius 2 is 1.65 bits per heavy atom. The van der Waals surface area contributed by atoms with Crippen LogP contribution in [-0.4, -0.2) is 48.1 Å². The van der Waals surface area contributed by atoms with Gasteiger partial charge in [-0.25, -0.2) is 0 Å². The number of carbonyl (C=O) groups is 2. The molecular formula is C12H20N2O3. The van der Waals surface area contributed by atoms with Crippen LogP contribution in [-0.2, 0) is 9.59 Å². The number of amides is 1. The first kappa shape index (κ1) is 12.4. The van der Waals surface area contributed by atoms with Gasteiger partial charge in [0.05, 0.1) is 11.8 Å². The van der Waals surface area contributed by atoms with Gasteiger partial charge < -0.3 is 15.3 Å². The smallest absolute Gasteiger partial charge is 0.307 e. The number of piperazine rings is 1. The summed E-state index contributed by atoms with van der Waals surface area (Å²) in [4.78, 5) is 25.3. The molecule has 17 heavy (non-hydrogen) atoms. The summed E-state index contributed by atoms with van der Waals surface area (Å²) in [5, 5.41) is 12.4. The van der Waals surface area contributed by atoms with Crippen LogP contribution in [0.25, 0.3) is 0 Å². The largest absolute Gasteiger partial charge is 0.481 e. The van der Waals surface area contributed by atoms with Gasteiger partial charge in [-0.3, -0.25) is 9.59 Å². The fourth-order valence-electron chi connectivity index (χ4n) is 2.84. The van der Waals surface area contributed by atoms with Gasteiger partial charge in [0.15, 0.2) is 0 Å². The molecule has 0 radical (unpaired) electrons. The molecule has 0 spiro atoms. The van der Waals surface area contributed by atoms with E-state index in [9.17, 15) is 14.7 Å². The Morgan fingerprint density at radius 1 is 1.06 bits per heavy atom. The van der Waals surface area contributed by atoms with Crippen molar-refractivity contribution in [2.75, 3.05) is 26.2 Å². The van der Waals surface area contributed by atoms with Crippen LogP contribution >= 0.6 is 0 Å². The van der Waals surface area contributed by atoms with E-state index in [4.69, 9.17) is 0 Å². The van der Waals surface area contributed by atoms with Crippen LogP contribution in [0.4, 0.5) is 0 Å². The molecule has 1 aliphatic carbocycles. The van der Waals surface area contributed by atoms with E-state index in [1.165, 1.54) is 0 Å². The molecule has 0 aromatic rings. The predicted molar refractivity (Wildman–Crippen MR) is 62.5 cm³/mol. The summed E-state index contributed by atoms with van der Waals surface area (Å²) in [7, 11) is 0. The maximum Gasteiger partial charge on any atom is 0.307 e. The third kappa shape index (κ3) is 2.77. The molecule has 96 valence electrons. The number of carboxylic acids is 1. The van der Waals surface area contributed by atoms with Crippen molar-refractivity contribution < 1.29 is 14.7 Å². The average molecular weight is 240 g/mol. The highest BCUT2D eigenvalue weighted by molar-refractivity contribution is 5.85. The predicted octanol–water partition coefficient (Wildman–Crippen LogP) is 0.309. The topological polar surface area (TPSA) is 69.6 Å². The second-order valence-corrected chi connectivity index (χ2v) is 4.91. The molecule has 0 bridgehead atoms. The first-order chi connectivity index (χ1) is 8.20. The van der Waals surface area contributed by atoms with Gasteiger partial charge in [0.1, 0.15) is 0 Å². The summed E-state index contributed by atoms with van der Waals surface area (Å²) in [5.74, 6) is -1.51. The van der Waals surface area contributed by atoms with Gasteiger partial charge in [0.25, 0.3) is 0 Å². The number of hydrogen-bond acceptors (Lipinski definition) is 3. The van der Waals surface area contributed by atoms with E-state index >= 15 is 0 Å². The highest BCUT2D eigenvalue weighted by Gasteiger charge is 2.37. The first-order valence-corrected chi connectivity index (χ1v) is 6.42. The lowest BCUT2D eigenvalue weighted by Crippen LogP contribution is -2.50. The number of hydrogen-bond donors (Lipinski definition) is 2. The highest BCUT2D eigenvalue weighted by Crippen LogP contribution is 2.31. The van der Waals surface area contributed by atoms with Crippen LogP contribution in [0, 0.1) is 11.8 Å². The van der Waals surface area contributed by atoms with Crippen molar-refractivity contribution in [3.8, 4) is 0 Å². The summed E-state index contributed by atoms with van der Waals surface area (Å²) in [6.45, 7) is 3.05. The molecule has 0 aromatic carbocycles. The van der Waals surface area contributed by atoms with Gasteiger partial charge in [-0.1, -0.05) is 12.8 Å². The Balaban J connectivity index is 2.02. The quantitative estimate of drug-likeness (QED) is 0.729. The lowest BCUT2D eigenvalue weighted by Gasteiger charge is -2.34. The molecule has 1 unspecified atom stereocenters. The molecule has 2 rings (SSSR count). The molecule has 2 fully saturated rings. The summed E-state index contributed by atoms with van der Waals surface area (Å²) in [6.07, 6.45) is 3.30. The summed E-state index contributed by atoms with van der Waals surface area (Å²) >= 11 is 0. The molecule has 1 saturated carbocycles. The minimum atomic E-state index is -0.807. The third-order valence-electron chi connectivity index (χ3n) is 3.83. The molecule has 2 N–H and O–H groups in total. The Labute approximate surface area is 101 Å². The van der Waals surface area contributed by atoms with Gasteiger partial charge in [-0.15, -0.1) is 0 Å². The first-order valence-electron chi connectivity index (χ1n) is 6.42. The summed E-state index contributed by atoms with van der Waals surface area (Å²) in [6, 6.07) is 0. The third-order valence-corrected chi connectivity index (χ3v) is 3.83. The lowest BCUT2D eigenvalue weighted by molar-refractivity contribution is -0.152. The van der Waals surface area contributed by atoms with Crippen LogP contribution in [0.1, 0.15) is 25.7 Å². The second kappa shape index (κ2) is 5.49. The van der Waals surface area contributed by atoms with E-state index in [2.05, 4.69) is 5.32 Å². The molecule has 0 aromatic heterocycles. The molecule has 1 heterocycles. The molecular weight excluding hydrogens is 220 g/mol. The van der Waals surface area contributed by atoms with Crippen molar-refractivity contribution in [3.63, 3.8) is 0 Å². The SMILES string of the molecule is O=C(O)[C@@H]1CCCCC1C(=O)N1CCNCC1. The Kier molecular flexibility index (Phi) is 3.99. The van der Waals surface area contributed by atoms with Gasteiger partial charge >= 0.3 is 5.97 Å². The lowest BCUT2D eigenvalue weighted by atomic mass is 9.78. The fourth-order valence-corrected chi connectivity index (χ4v) is 2.84. The number of carbonyl (C=O) groups excluding carboxylic acids is 1. The van der Waals surface area contributed by atoms with Gasteiger partial charge in [0, 0.05) is 26.2 Å². The van der Waals surface area contributed by atoms with E-state index in [-0.39, 0.29) is 11.8 Å². The minimum Gasteiger partial charge on any atom is -0.481 e. The van der Waals surface area contributed by atoms with E-state index < -0.39 is 11.9 Å². The molecule has 1 saturated heterocycles. The van der Waals surface area contributed by atoms with Crippen LogP contribution in [0.3, 0.4) is 0 Å². The average Bonchev–Trinajstić information content (AvgIpc) is 2.39. The van der Waals surface area contributed by atoms with E-state index in [1.54, 1.807) is 0 Å². The normalized spacial score (nSPS) is 30.0. The highest BCUT2D eigenvalue weighted by atomic mass is 16.4. The molecule has 2 atom stereocenters. The van der Waals surface area contributed by atoms with Gasteiger partial charge in [0.2, 0.25) is 5.91 Å². The van der Waals surface area contributed by atoms with Crippen molar-refractivity contribution in [1.82, 2.24) is 10.2 Å². The Hall–Kier alpha value is -1.10. The Morgan fingerprint density at radius 3 is 2.24 bits per heavy atom. The monoisotopic (exact) mass is 240 g/mol. The molecule has 5 nitrogen and oxygen atoms in total. The zero-order valence-corrected chi connectivity index (χ0v) is 10.0. The molecule has 2 aliphatic rings. The standard InChI is InChI=1S/C12H20N2O3/c15-11(14-7-5-13-6-8-14)9-3-1-2-4-10(9)12(16)17/h9-10,13H,1-8H2,(H,16,17)/t9?,10-/m1/s1. The fraction of sp³-hybridized carbons (Fsp3) is 0.833. The minimum absolute atomic E-state index is 0.0543. The number of rotatable bonds is 2. The van der Waals surface area contributed by atoms with E-state index in [1.807, 2.05) is 4.90 Å². The van der Waals surface area contributed by atoms with Crippen molar-refractivity contribution in [1.29, 1.82) is 0 Å². The van der Waals surface area contributed by atoms with Crippen LogP contribution in [0.2, 0.25) is 0 Å². The number of aliphatic carboxylic acids is 1. The maximum absolute atomic E-state index is 12.3. The van der Waals surface area contributed by atoms with Crippen molar-refractivity contribution in [3.05, 3.63) is 0 Å². The Bertz CT molecular complexity index is 300. The van der Waals surface area contributed by atoms with Crippen LogP contribution < -0.4 is 5.32 Å². The van der Waals surface area contributed by atoms with Crippen LogP contribution in [0.5, 0.6) is 0 Å². The van der Waals surface area contributed by atoms with Crippen molar-refractivity contribution in [2.45, 2.75) is 25.7 Å². The number of nitrogens with zero attached hydrogens (tertiary/aromatic N) is 1. The van der Waals surface area contributed by atoms with E-state index in [0.717, 1.165) is 32.4 Å². The van der Waals surface area contributed by atoms with Crippen molar-refractivity contribution in [2.24, 2.45) is 11.8 Å². The molecule has 1 aliphatic heterocycles. The maximum atomic E-state index is 12.3. The second-order valence-electron chi connectivity index (χ2n) is 4.91. The zero-order chi connectivity index (χ0) is 12.3. The van der Waals surface area contributed by atoms with E-state index in [0.29, 0.717) is 19.5 Å². The number of carboxylic acid groups (broad SMARTS) is 1. The molecule has 1 amide bonds. The summed E-state index contributed by atoms with van der Waals surface area (Å²) < 4.78 is 0. The zero-order valence-electron chi connectivity index (χ0n) is 10.0. The number of nitrogens with one attached hydrogen (secondary N) is 1. The molecule has 5 heteroatoms. The summed E-state index contributed by atoms with van der Waals surface area (Å²) in [5.41, 5.74) is 0. The van der Waals surface area contributed by atoms with Crippen LogP contribution in [0.15, 0.2) is 0 Å².